The van der Waals surface area contributed by atoms with Crippen molar-refractivity contribution in [1.29, 1.82) is 0 Å². The minimum absolute atomic E-state index is 0.0213. The number of carbonyl (C=O) groups is 1. The predicted molar refractivity (Wildman–Crippen MR) is 130 cm³/mol. The van der Waals surface area contributed by atoms with E-state index in [4.69, 9.17) is 9.26 Å². The van der Waals surface area contributed by atoms with Crippen LogP contribution in [0.5, 0.6) is 0 Å². The van der Waals surface area contributed by atoms with Gasteiger partial charge in [-0.15, -0.1) is 0 Å². The van der Waals surface area contributed by atoms with Gasteiger partial charge < -0.3 is 19.1 Å². The molecule has 0 N–H and O–H groups in total. The highest BCUT2D eigenvalue weighted by molar-refractivity contribution is 5.94. The van der Waals surface area contributed by atoms with Crippen LogP contribution in [0, 0.1) is 19.8 Å². The molecule has 0 radical (unpaired) electrons. The number of rotatable bonds is 7. The Bertz CT molecular complexity index is 1080. The topological polar surface area (TPSA) is 58.8 Å². The summed E-state index contributed by atoms with van der Waals surface area (Å²) in [5.41, 5.74) is 5.74. The molecular weight excluding hydrogens is 414 g/mol. The molecule has 0 bridgehead atoms. The van der Waals surface area contributed by atoms with Crippen molar-refractivity contribution >= 4 is 11.8 Å². The number of hydrogen-bond acceptors (Lipinski definition) is 5. The number of carbonyl (C=O) groups excluding carboxylic acids is 1. The molecule has 3 aromatic rings. The van der Waals surface area contributed by atoms with Crippen molar-refractivity contribution in [3.05, 3.63) is 70.8 Å². The lowest BCUT2D eigenvalue weighted by Crippen LogP contribution is -2.38. The van der Waals surface area contributed by atoms with Gasteiger partial charge in [-0.1, -0.05) is 60.5 Å². The van der Waals surface area contributed by atoms with E-state index in [0.717, 1.165) is 46.9 Å². The number of nitrogens with zero attached hydrogens (tertiary/aromatic N) is 3. The number of hydrogen-bond donors (Lipinski definition) is 0. The van der Waals surface area contributed by atoms with Gasteiger partial charge in [0, 0.05) is 30.8 Å². The molecule has 6 heteroatoms. The number of aromatic nitrogens is 1. The fraction of sp³-hybridized carbons (Fsp3) is 0.407. The monoisotopic (exact) mass is 447 g/mol. The summed E-state index contributed by atoms with van der Waals surface area (Å²) in [5, 5.41) is 4.48. The van der Waals surface area contributed by atoms with Crippen molar-refractivity contribution in [3.8, 4) is 11.3 Å². The molecule has 1 amide bonds. The maximum atomic E-state index is 13.5. The highest BCUT2D eigenvalue weighted by Crippen LogP contribution is 2.34. The van der Waals surface area contributed by atoms with E-state index < -0.39 is 0 Å². The highest BCUT2D eigenvalue weighted by Gasteiger charge is 2.28. The molecule has 0 aliphatic carbocycles. The van der Waals surface area contributed by atoms with Gasteiger partial charge in [-0.3, -0.25) is 4.79 Å². The maximum Gasteiger partial charge on any atom is 0.254 e. The summed E-state index contributed by atoms with van der Waals surface area (Å²) in [7, 11) is 0. The second kappa shape index (κ2) is 10.2. The van der Waals surface area contributed by atoms with Crippen molar-refractivity contribution in [1.82, 2.24) is 10.1 Å². The lowest BCUT2D eigenvalue weighted by Gasteiger charge is -2.29. The van der Waals surface area contributed by atoms with Gasteiger partial charge in [-0.05, 0) is 38.0 Å². The normalized spacial score (nSPS) is 14.0. The summed E-state index contributed by atoms with van der Waals surface area (Å²) < 4.78 is 11.5. The average Bonchev–Trinajstić information content (AvgIpc) is 3.22. The first-order valence-electron chi connectivity index (χ1n) is 11.7. The average molecular weight is 448 g/mol. The first-order valence-corrected chi connectivity index (χ1v) is 11.7. The highest BCUT2D eigenvalue weighted by atomic mass is 16.5. The van der Waals surface area contributed by atoms with Crippen LogP contribution < -0.4 is 4.90 Å². The van der Waals surface area contributed by atoms with Crippen LogP contribution in [0.4, 0.5) is 5.88 Å². The molecule has 33 heavy (non-hydrogen) atoms. The maximum absolute atomic E-state index is 13.5. The van der Waals surface area contributed by atoms with Crippen molar-refractivity contribution in [2.24, 2.45) is 5.92 Å². The Labute approximate surface area is 196 Å². The van der Waals surface area contributed by atoms with Crippen LogP contribution in [0.1, 0.15) is 40.9 Å². The van der Waals surface area contributed by atoms with Crippen LogP contribution in [0.3, 0.4) is 0 Å². The number of anilines is 1. The van der Waals surface area contributed by atoms with Crippen LogP contribution in [0.15, 0.2) is 53.1 Å². The summed E-state index contributed by atoms with van der Waals surface area (Å²) >= 11 is 0. The summed E-state index contributed by atoms with van der Waals surface area (Å²) in [6, 6.07) is 16.0. The Morgan fingerprint density at radius 3 is 2.45 bits per heavy atom. The molecule has 1 aliphatic heterocycles. The zero-order valence-electron chi connectivity index (χ0n) is 20.0. The van der Waals surface area contributed by atoms with Gasteiger partial charge in [0.1, 0.15) is 5.69 Å². The lowest BCUT2D eigenvalue weighted by atomic mass is 10.0. The van der Waals surface area contributed by atoms with Gasteiger partial charge in [-0.25, -0.2) is 0 Å². The Hall–Kier alpha value is -3.12. The summed E-state index contributed by atoms with van der Waals surface area (Å²) in [4.78, 5) is 17.6. The fourth-order valence-corrected chi connectivity index (χ4v) is 4.21. The molecule has 4 rings (SSSR count). The van der Waals surface area contributed by atoms with E-state index in [2.05, 4.69) is 43.0 Å². The summed E-state index contributed by atoms with van der Waals surface area (Å²) in [5.74, 6) is 1.09. The third kappa shape index (κ3) is 5.45. The second-order valence-electron chi connectivity index (χ2n) is 9.23. The third-order valence-corrected chi connectivity index (χ3v) is 5.88. The number of ether oxygens (including phenoxy) is 1. The minimum Gasteiger partial charge on any atom is -0.378 e. The molecule has 0 unspecified atom stereocenters. The molecule has 1 saturated heterocycles. The van der Waals surface area contributed by atoms with Gasteiger partial charge in [0.25, 0.3) is 5.91 Å². The number of amides is 1. The quantitative estimate of drug-likeness (QED) is 0.505. The van der Waals surface area contributed by atoms with Gasteiger partial charge in [0.05, 0.1) is 25.3 Å². The Morgan fingerprint density at radius 2 is 1.79 bits per heavy atom. The number of aryl methyl sites for hydroxylation is 2. The van der Waals surface area contributed by atoms with Crippen LogP contribution in [0.25, 0.3) is 11.3 Å². The first-order chi connectivity index (χ1) is 15.9. The molecule has 174 valence electrons. The molecule has 0 spiro atoms. The standard InChI is InChI=1S/C27H33N3O3/c1-19(2)17-30(26(31)22-10-8-20(3)9-11-22)18-24-25(23-7-5-6-21(4)16-23)28-33-27(24)29-12-14-32-15-13-29/h5-11,16,19H,12-15,17-18H2,1-4H3. The van der Waals surface area contributed by atoms with E-state index in [1.54, 1.807) is 0 Å². The smallest absolute Gasteiger partial charge is 0.254 e. The number of benzene rings is 2. The molecule has 1 aliphatic rings. The number of morpholine rings is 1. The van der Waals surface area contributed by atoms with Crippen molar-refractivity contribution in [2.45, 2.75) is 34.2 Å². The van der Waals surface area contributed by atoms with Crippen molar-refractivity contribution in [3.63, 3.8) is 0 Å². The summed E-state index contributed by atoms with van der Waals surface area (Å²) in [6.07, 6.45) is 0. The molecular formula is C27H33N3O3. The third-order valence-electron chi connectivity index (χ3n) is 5.88. The first kappa shape index (κ1) is 23.1. The van der Waals surface area contributed by atoms with Gasteiger partial charge in [0.15, 0.2) is 0 Å². The van der Waals surface area contributed by atoms with E-state index in [9.17, 15) is 4.79 Å². The van der Waals surface area contributed by atoms with Crippen LogP contribution in [-0.2, 0) is 11.3 Å². The Kier molecular flexibility index (Phi) is 7.14. The molecule has 1 fully saturated rings. The van der Waals surface area contributed by atoms with E-state index >= 15 is 0 Å². The SMILES string of the molecule is Cc1ccc(C(=O)N(Cc2c(-c3cccc(C)c3)noc2N2CCOCC2)CC(C)C)cc1. The van der Waals surface area contributed by atoms with E-state index in [0.29, 0.717) is 37.8 Å². The molecule has 0 atom stereocenters. The Balaban J connectivity index is 1.74. The molecule has 1 aromatic heterocycles. The fourth-order valence-electron chi connectivity index (χ4n) is 4.21. The zero-order valence-corrected chi connectivity index (χ0v) is 20.0. The Morgan fingerprint density at radius 1 is 1.06 bits per heavy atom. The molecule has 2 heterocycles. The van der Waals surface area contributed by atoms with E-state index in [1.807, 2.05) is 48.2 Å². The largest absolute Gasteiger partial charge is 0.378 e. The van der Waals surface area contributed by atoms with Crippen LogP contribution in [-0.4, -0.2) is 48.8 Å². The van der Waals surface area contributed by atoms with Crippen LogP contribution >= 0.6 is 0 Å². The van der Waals surface area contributed by atoms with Gasteiger partial charge >= 0.3 is 0 Å². The molecule has 0 saturated carbocycles. The molecule has 2 aromatic carbocycles. The summed E-state index contributed by atoms with van der Waals surface area (Å²) in [6.45, 7) is 12.2. The van der Waals surface area contributed by atoms with E-state index in [-0.39, 0.29) is 5.91 Å². The van der Waals surface area contributed by atoms with E-state index in [1.165, 1.54) is 0 Å². The van der Waals surface area contributed by atoms with Crippen LogP contribution in [0.2, 0.25) is 0 Å². The minimum atomic E-state index is 0.0213. The van der Waals surface area contributed by atoms with Gasteiger partial charge in [0.2, 0.25) is 5.88 Å². The zero-order chi connectivity index (χ0) is 23.4. The molecule has 6 nitrogen and oxygen atoms in total. The lowest BCUT2D eigenvalue weighted by molar-refractivity contribution is 0.0722. The van der Waals surface area contributed by atoms with Gasteiger partial charge in [-0.2, -0.15) is 0 Å². The van der Waals surface area contributed by atoms with Crippen molar-refractivity contribution in [2.75, 3.05) is 37.7 Å². The second-order valence-corrected chi connectivity index (χ2v) is 9.23. The van der Waals surface area contributed by atoms with Crippen molar-refractivity contribution < 1.29 is 14.1 Å². The predicted octanol–water partition coefficient (Wildman–Crippen LogP) is 5.09.